The number of carbonyl (C=O) groups is 2. The van der Waals surface area contributed by atoms with Crippen molar-refractivity contribution in [1.82, 2.24) is 15.2 Å². The van der Waals surface area contributed by atoms with Crippen LogP contribution in [0.25, 0.3) is 11.1 Å². The van der Waals surface area contributed by atoms with Gasteiger partial charge in [-0.2, -0.15) is 0 Å². The number of benzene rings is 1. The van der Waals surface area contributed by atoms with E-state index in [1.807, 2.05) is 56.4 Å². The number of morpholine rings is 1. The number of hydrogen-bond donors (Lipinski definition) is 1. The Balaban J connectivity index is 1.93. The molecule has 0 saturated carbocycles. The van der Waals surface area contributed by atoms with Gasteiger partial charge in [-0.3, -0.25) is 14.6 Å². The molecule has 0 spiro atoms. The number of rotatable bonds is 6. The van der Waals surface area contributed by atoms with Gasteiger partial charge in [-0.15, -0.1) is 0 Å². The molecule has 0 radical (unpaired) electrons. The number of carbonyl (C=O) groups excluding carboxylic acids is 2. The molecule has 3 rings (SSSR count). The lowest BCUT2D eigenvalue weighted by Gasteiger charge is -2.42. The third kappa shape index (κ3) is 4.82. The zero-order valence-corrected chi connectivity index (χ0v) is 17.4. The first-order chi connectivity index (χ1) is 13.9. The average molecular weight is 396 g/mol. The van der Waals surface area contributed by atoms with E-state index in [-0.39, 0.29) is 24.3 Å². The van der Waals surface area contributed by atoms with Crippen molar-refractivity contribution >= 4 is 11.8 Å². The van der Waals surface area contributed by atoms with E-state index < -0.39 is 5.60 Å². The Labute approximate surface area is 172 Å². The molecule has 1 saturated heterocycles. The quantitative estimate of drug-likeness (QED) is 0.816. The molecule has 154 valence electrons. The highest BCUT2D eigenvalue weighted by molar-refractivity contribution is 5.87. The molecule has 29 heavy (non-hydrogen) atoms. The van der Waals surface area contributed by atoms with Gasteiger partial charge in [0.15, 0.2) is 5.60 Å². The normalized spacial score (nSPS) is 19.2. The number of ether oxygens (including phenoxy) is 1. The highest BCUT2D eigenvalue weighted by atomic mass is 16.5. The van der Waals surface area contributed by atoms with Gasteiger partial charge in [0.25, 0.3) is 5.91 Å². The van der Waals surface area contributed by atoms with E-state index in [0.717, 1.165) is 16.7 Å². The summed E-state index contributed by atoms with van der Waals surface area (Å²) in [7, 11) is 1.61. The second-order valence-corrected chi connectivity index (χ2v) is 7.91. The minimum absolute atomic E-state index is 0.0668. The molecule has 1 fully saturated rings. The van der Waals surface area contributed by atoms with E-state index in [1.54, 1.807) is 18.1 Å². The van der Waals surface area contributed by atoms with E-state index in [2.05, 4.69) is 10.3 Å². The summed E-state index contributed by atoms with van der Waals surface area (Å²) in [4.78, 5) is 31.6. The van der Waals surface area contributed by atoms with Crippen LogP contribution in [0.3, 0.4) is 0 Å². The van der Waals surface area contributed by atoms with Gasteiger partial charge >= 0.3 is 0 Å². The van der Waals surface area contributed by atoms with Crippen LogP contribution in [0, 0.1) is 5.92 Å². The molecule has 0 bridgehead atoms. The number of hydrogen-bond acceptors (Lipinski definition) is 4. The molecule has 2 amide bonds. The molecule has 2 aromatic rings. The van der Waals surface area contributed by atoms with Crippen molar-refractivity contribution in [3.8, 4) is 11.1 Å². The summed E-state index contributed by atoms with van der Waals surface area (Å²) in [5.74, 6) is 0.128. The van der Waals surface area contributed by atoms with Crippen molar-refractivity contribution in [2.75, 3.05) is 26.7 Å². The van der Waals surface area contributed by atoms with Crippen LogP contribution in [0.5, 0.6) is 0 Å². The second-order valence-electron chi connectivity index (χ2n) is 7.91. The highest BCUT2D eigenvalue weighted by Crippen LogP contribution is 2.30. The van der Waals surface area contributed by atoms with E-state index >= 15 is 0 Å². The smallest absolute Gasteiger partial charge is 0.254 e. The molecule has 6 heteroatoms. The van der Waals surface area contributed by atoms with E-state index in [1.165, 1.54) is 0 Å². The van der Waals surface area contributed by atoms with Crippen molar-refractivity contribution in [3.05, 3.63) is 54.4 Å². The van der Waals surface area contributed by atoms with Crippen LogP contribution in [0.1, 0.15) is 25.8 Å². The van der Waals surface area contributed by atoms with Crippen molar-refractivity contribution in [2.24, 2.45) is 5.92 Å². The van der Waals surface area contributed by atoms with Crippen LogP contribution in [-0.4, -0.2) is 54.0 Å². The zero-order valence-electron chi connectivity index (χ0n) is 17.4. The second kappa shape index (κ2) is 9.18. The molecule has 1 N–H and O–H groups in total. The largest absolute Gasteiger partial charge is 0.361 e. The lowest BCUT2D eigenvalue weighted by Crippen LogP contribution is -2.61. The zero-order chi connectivity index (χ0) is 20.9. The maximum atomic E-state index is 12.9. The Morgan fingerprint density at radius 1 is 1.24 bits per heavy atom. The first-order valence-electron chi connectivity index (χ1n) is 10.1. The average Bonchev–Trinajstić information content (AvgIpc) is 2.74. The minimum atomic E-state index is -1.11. The number of nitrogens with one attached hydrogen (secondary N) is 1. The standard InChI is InChI=1S/C23H29N3O3/c1-17(2)13-21(27)26-11-12-29-23(16-26,22(28)24-3)14-18-7-4-5-9-20(18)19-8-6-10-25-15-19/h4-10,15,17H,11-14,16H2,1-3H3,(H,24,28). The maximum absolute atomic E-state index is 12.9. The molecule has 1 atom stereocenters. The van der Waals surface area contributed by atoms with Crippen LogP contribution < -0.4 is 5.32 Å². The van der Waals surface area contributed by atoms with E-state index in [9.17, 15) is 9.59 Å². The van der Waals surface area contributed by atoms with Crippen LogP contribution in [0.15, 0.2) is 48.8 Å². The fourth-order valence-electron chi connectivity index (χ4n) is 3.81. The Kier molecular flexibility index (Phi) is 6.64. The summed E-state index contributed by atoms with van der Waals surface area (Å²) in [5.41, 5.74) is 1.87. The van der Waals surface area contributed by atoms with E-state index in [0.29, 0.717) is 26.0 Å². The summed E-state index contributed by atoms with van der Waals surface area (Å²) in [5, 5.41) is 2.74. The highest BCUT2D eigenvalue weighted by Gasteiger charge is 2.45. The summed E-state index contributed by atoms with van der Waals surface area (Å²) in [6, 6.07) is 11.8. The minimum Gasteiger partial charge on any atom is -0.361 e. The predicted molar refractivity (Wildman–Crippen MR) is 112 cm³/mol. The molecule has 1 aromatic carbocycles. The van der Waals surface area contributed by atoms with Gasteiger partial charge in [0.1, 0.15) is 0 Å². The molecule has 1 aliphatic rings. The molecule has 1 aliphatic heterocycles. The molecule has 2 heterocycles. The van der Waals surface area contributed by atoms with Crippen molar-refractivity contribution in [1.29, 1.82) is 0 Å². The molecule has 6 nitrogen and oxygen atoms in total. The molecule has 1 unspecified atom stereocenters. The summed E-state index contributed by atoms with van der Waals surface area (Å²) in [6.07, 6.45) is 4.39. The molecular weight excluding hydrogens is 366 g/mol. The molecular formula is C23H29N3O3. The first kappa shape index (κ1) is 21.0. The van der Waals surface area contributed by atoms with Crippen molar-refractivity contribution in [3.63, 3.8) is 0 Å². The van der Waals surface area contributed by atoms with Gasteiger partial charge in [0, 0.05) is 44.4 Å². The number of nitrogens with zero attached hydrogens (tertiary/aromatic N) is 2. The molecule has 1 aromatic heterocycles. The summed E-state index contributed by atoms with van der Waals surface area (Å²) < 4.78 is 6.08. The summed E-state index contributed by atoms with van der Waals surface area (Å²) >= 11 is 0. The van der Waals surface area contributed by atoms with Gasteiger partial charge in [-0.1, -0.05) is 44.2 Å². The van der Waals surface area contributed by atoms with Crippen LogP contribution >= 0.6 is 0 Å². The van der Waals surface area contributed by atoms with Crippen LogP contribution in [0.4, 0.5) is 0 Å². The summed E-state index contributed by atoms with van der Waals surface area (Å²) in [6.45, 7) is 5.14. The number of aromatic nitrogens is 1. The van der Waals surface area contributed by atoms with Crippen molar-refractivity contribution in [2.45, 2.75) is 32.3 Å². The van der Waals surface area contributed by atoms with E-state index in [4.69, 9.17) is 4.74 Å². The SMILES string of the molecule is CNC(=O)C1(Cc2ccccc2-c2cccnc2)CN(C(=O)CC(C)C)CCO1. The van der Waals surface area contributed by atoms with Crippen LogP contribution in [0.2, 0.25) is 0 Å². The topological polar surface area (TPSA) is 71.5 Å². The third-order valence-electron chi connectivity index (χ3n) is 5.23. The predicted octanol–water partition coefficient (Wildman–Crippen LogP) is 2.68. The van der Waals surface area contributed by atoms with Gasteiger partial charge in [-0.05, 0) is 23.1 Å². The number of pyridine rings is 1. The molecule has 0 aliphatic carbocycles. The first-order valence-corrected chi connectivity index (χ1v) is 10.1. The maximum Gasteiger partial charge on any atom is 0.254 e. The van der Waals surface area contributed by atoms with Gasteiger partial charge in [-0.25, -0.2) is 0 Å². The fourth-order valence-corrected chi connectivity index (χ4v) is 3.81. The van der Waals surface area contributed by atoms with Gasteiger partial charge in [0.2, 0.25) is 5.91 Å². The Morgan fingerprint density at radius 3 is 2.72 bits per heavy atom. The Hall–Kier alpha value is -2.73. The monoisotopic (exact) mass is 395 g/mol. The number of likely N-dealkylation sites (N-methyl/N-ethyl adjacent to an activating group) is 1. The van der Waals surface area contributed by atoms with Crippen LogP contribution in [-0.2, 0) is 20.7 Å². The third-order valence-corrected chi connectivity index (χ3v) is 5.23. The number of amides is 2. The van der Waals surface area contributed by atoms with Crippen molar-refractivity contribution < 1.29 is 14.3 Å². The Morgan fingerprint density at radius 2 is 2.03 bits per heavy atom. The van der Waals surface area contributed by atoms with Gasteiger partial charge in [0.05, 0.1) is 13.2 Å². The Bertz CT molecular complexity index is 853. The lowest BCUT2D eigenvalue weighted by molar-refractivity contribution is -0.166. The fraction of sp³-hybridized carbons (Fsp3) is 0.435. The lowest BCUT2D eigenvalue weighted by atomic mass is 9.87. The van der Waals surface area contributed by atoms with Gasteiger partial charge < -0.3 is 15.0 Å².